The lowest BCUT2D eigenvalue weighted by Crippen LogP contribution is -2.37. The molecule has 0 heterocycles. The molecule has 0 aromatic heterocycles. The maximum absolute atomic E-state index is 13.0. The molecule has 8 heteroatoms. The van der Waals surface area contributed by atoms with Gasteiger partial charge >= 0.3 is 18.0 Å². The fourth-order valence-corrected chi connectivity index (χ4v) is 0.862. The van der Waals surface area contributed by atoms with E-state index in [-0.39, 0.29) is 13.0 Å². The van der Waals surface area contributed by atoms with Crippen molar-refractivity contribution in [2.75, 3.05) is 6.54 Å². The number of alkyl halides is 2. The second-order valence-corrected chi connectivity index (χ2v) is 3.69. The zero-order valence-corrected chi connectivity index (χ0v) is 10.1. The molecule has 104 valence electrons. The van der Waals surface area contributed by atoms with Crippen LogP contribution in [0, 0.1) is 0 Å². The Bertz CT molecular complexity index is 330. The Hall–Kier alpha value is -1.57. The second kappa shape index (κ2) is 7.00. The molecule has 0 fully saturated rings. The maximum atomic E-state index is 13.0. The van der Waals surface area contributed by atoms with E-state index in [0.29, 0.717) is 0 Å². The molecule has 0 rings (SSSR count). The van der Waals surface area contributed by atoms with Crippen LogP contribution in [-0.2, 0) is 23.9 Å². The van der Waals surface area contributed by atoms with Crippen LogP contribution >= 0.6 is 0 Å². The van der Waals surface area contributed by atoms with Gasteiger partial charge < -0.3 is 15.2 Å². The minimum Gasteiger partial charge on any atom is -0.456 e. The zero-order valence-electron chi connectivity index (χ0n) is 10.1. The molecule has 0 saturated carbocycles. The van der Waals surface area contributed by atoms with Gasteiger partial charge in [0.1, 0.15) is 5.78 Å². The Balaban J connectivity index is 4.26. The van der Waals surface area contributed by atoms with E-state index >= 15 is 0 Å². The second-order valence-electron chi connectivity index (χ2n) is 3.69. The number of nitrogens with two attached hydrogens (primary N) is 1. The molecule has 0 atom stereocenters. The van der Waals surface area contributed by atoms with Gasteiger partial charge in [0.25, 0.3) is 0 Å². The van der Waals surface area contributed by atoms with Crippen molar-refractivity contribution in [2.45, 2.75) is 38.9 Å². The molecular weight excluding hydrogens is 252 g/mol. The Morgan fingerprint density at radius 2 is 1.78 bits per heavy atom. The highest BCUT2D eigenvalue weighted by molar-refractivity contribution is 5.85. The van der Waals surface area contributed by atoms with Crippen LogP contribution in [0.15, 0.2) is 0 Å². The maximum Gasteiger partial charge on any atom is 0.504 e. The zero-order chi connectivity index (χ0) is 14.3. The molecule has 0 aromatic carbocycles. The molecule has 0 aliphatic heterocycles. The number of ketones is 1. The molecule has 0 saturated heterocycles. The van der Waals surface area contributed by atoms with Gasteiger partial charge in [0.05, 0.1) is 19.1 Å². The summed E-state index contributed by atoms with van der Waals surface area (Å²) in [5, 5.41) is 0. The van der Waals surface area contributed by atoms with Gasteiger partial charge in [-0.2, -0.15) is 8.78 Å². The average molecular weight is 267 g/mol. The standard InChI is InChI=1S/C10H15F2NO5/c1-6(2)17-9(16)10(11,12)18-8(15)4-3-7(14)5-13/h6H,3-5,13H2,1-2H3. The normalized spacial score (nSPS) is 11.2. The van der Waals surface area contributed by atoms with Gasteiger partial charge in [-0.25, -0.2) is 4.79 Å². The van der Waals surface area contributed by atoms with E-state index in [4.69, 9.17) is 5.73 Å². The Morgan fingerprint density at radius 3 is 2.22 bits per heavy atom. The van der Waals surface area contributed by atoms with Crippen LogP contribution in [0.25, 0.3) is 0 Å². The summed E-state index contributed by atoms with van der Waals surface area (Å²) in [6.45, 7) is 2.45. The summed E-state index contributed by atoms with van der Waals surface area (Å²) in [6.07, 6.45) is -6.00. The topological polar surface area (TPSA) is 95.7 Å². The van der Waals surface area contributed by atoms with Crippen molar-refractivity contribution in [3.63, 3.8) is 0 Å². The molecular formula is C10H15F2NO5. The minimum atomic E-state index is -4.35. The monoisotopic (exact) mass is 267 g/mol. The van der Waals surface area contributed by atoms with Gasteiger partial charge in [-0.15, -0.1) is 0 Å². The van der Waals surface area contributed by atoms with Crippen LogP contribution in [0.1, 0.15) is 26.7 Å². The first-order valence-corrected chi connectivity index (χ1v) is 5.21. The molecule has 0 amide bonds. The predicted molar refractivity (Wildman–Crippen MR) is 55.6 cm³/mol. The van der Waals surface area contributed by atoms with Crippen molar-refractivity contribution in [3.8, 4) is 0 Å². The predicted octanol–water partition coefficient (Wildman–Crippen LogP) is 0.382. The van der Waals surface area contributed by atoms with Crippen molar-refractivity contribution in [2.24, 2.45) is 5.73 Å². The van der Waals surface area contributed by atoms with E-state index in [1.54, 1.807) is 0 Å². The quantitative estimate of drug-likeness (QED) is 0.670. The van der Waals surface area contributed by atoms with Crippen LogP contribution in [-0.4, -0.2) is 36.5 Å². The lowest BCUT2D eigenvalue weighted by molar-refractivity contribution is -0.246. The number of rotatable bonds is 7. The van der Waals surface area contributed by atoms with Gasteiger partial charge in [-0.3, -0.25) is 9.59 Å². The number of carbonyl (C=O) groups excluding carboxylic acids is 3. The summed E-state index contributed by atoms with van der Waals surface area (Å²) in [7, 11) is 0. The lowest BCUT2D eigenvalue weighted by atomic mass is 10.2. The first-order valence-electron chi connectivity index (χ1n) is 5.21. The molecule has 0 aliphatic carbocycles. The van der Waals surface area contributed by atoms with E-state index in [9.17, 15) is 23.2 Å². The Labute approximate surface area is 102 Å². The van der Waals surface area contributed by atoms with E-state index in [0.717, 1.165) is 0 Å². The average Bonchev–Trinajstić information content (AvgIpc) is 2.24. The molecule has 6 nitrogen and oxygen atoms in total. The summed E-state index contributed by atoms with van der Waals surface area (Å²) in [6, 6.07) is 0. The van der Waals surface area contributed by atoms with Gasteiger partial charge in [-0.05, 0) is 13.8 Å². The van der Waals surface area contributed by atoms with Crippen LogP contribution in [0.5, 0.6) is 0 Å². The summed E-state index contributed by atoms with van der Waals surface area (Å²) in [5.41, 5.74) is 4.96. The lowest BCUT2D eigenvalue weighted by Gasteiger charge is -2.16. The third-order valence-corrected chi connectivity index (χ3v) is 1.66. The molecule has 0 spiro atoms. The van der Waals surface area contributed by atoms with Crippen molar-refractivity contribution in [1.82, 2.24) is 0 Å². The number of hydrogen-bond donors (Lipinski definition) is 1. The number of esters is 2. The fourth-order valence-electron chi connectivity index (χ4n) is 0.862. The van der Waals surface area contributed by atoms with Crippen molar-refractivity contribution in [3.05, 3.63) is 0 Å². The highest BCUT2D eigenvalue weighted by atomic mass is 19.3. The number of Topliss-reactive ketones (excluding diaryl/α,β-unsaturated/α-hetero) is 1. The first kappa shape index (κ1) is 16.4. The van der Waals surface area contributed by atoms with Crippen molar-refractivity contribution in [1.29, 1.82) is 0 Å². The fraction of sp³-hybridized carbons (Fsp3) is 0.700. The summed E-state index contributed by atoms with van der Waals surface area (Å²) in [5.74, 6) is -3.79. The third-order valence-electron chi connectivity index (χ3n) is 1.66. The molecule has 0 bridgehead atoms. The molecule has 2 N–H and O–H groups in total. The largest absolute Gasteiger partial charge is 0.504 e. The number of carbonyl (C=O) groups is 3. The molecule has 0 unspecified atom stereocenters. The van der Waals surface area contributed by atoms with E-state index < -0.39 is 36.4 Å². The first-order chi connectivity index (χ1) is 8.19. The van der Waals surface area contributed by atoms with E-state index in [2.05, 4.69) is 9.47 Å². The van der Waals surface area contributed by atoms with Gasteiger partial charge in [0.2, 0.25) is 0 Å². The Kier molecular flexibility index (Phi) is 6.39. The minimum absolute atomic E-state index is 0.293. The number of ether oxygens (including phenoxy) is 2. The van der Waals surface area contributed by atoms with Crippen molar-refractivity contribution < 1.29 is 32.6 Å². The Morgan fingerprint density at radius 1 is 1.22 bits per heavy atom. The van der Waals surface area contributed by atoms with Crippen LogP contribution in [0.4, 0.5) is 8.78 Å². The van der Waals surface area contributed by atoms with Gasteiger partial charge in [-0.1, -0.05) is 0 Å². The SMILES string of the molecule is CC(C)OC(=O)C(F)(F)OC(=O)CCC(=O)CN. The van der Waals surface area contributed by atoms with Gasteiger partial charge in [0.15, 0.2) is 0 Å². The third kappa shape index (κ3) is 6.24. The van der Waals surface area contributed by atoms with E-state index in [1.165, 1.54) is 13.8 Å². The summed E-state index contributed by atoms with van der Waals surface area (Å²) < 4.78 is 33.9. The molecule has 0 radical (unpaired) electrons. The number of hydrogen-bond acceptors (Lipinski definition) is 6. The molecule has 0 aromatic rings. The van der Waals surface area contributed by atoms with E-state index in [1.807, 2.05) is 0 Å². The molecule has 18 heavy (non-hydrogen) atoms. The summed E-state index contributed by atoms with van der Waals surface area (Å²) >= 11 is 0. The number of halogens is 2. The van der Waals surface area contributed by atoms with Crippen LogP contribution in [0.2, 0.25) is 0 Å². The van der Waals surface area contributed by atoms with Crippen LogP contribution < -0.4 is 5.73 Å². The molecule has 0 aliphatic rings. The smallest absolute Gasteiger partial charge is 0.456 e. The van der Waals surface area contributed by atoms with Crippen LogP contribution in [0.3, 0.4) is 0 Å². The highest BCUT2D eigenvalue weighted by Gasteiger charge is 2.46. The highest BCUT2D eigenvalue weighted by Crippen LogP contribution is 2.19. The summed E-state index contributed by atoms with van der Waals surface area (Å²) in [4.78, 5) is 32.6. The van der Waals surface area contributed by atoms with Gasteiger partial charge in [0, 0.05) is 6.42 Å². The van der Waals surface area contributed by atoms with Crippen molar-refractivity contribution >= 4 is 17.7 Å².